The molecule has 1 amide bonds. The first kappa shape index (κ1) is 16.3. The van der Waals surface area contributed by atoms with E-state index >= 15 is 0 Å². The molecule has 0 aliphatic heterocycles. The second-order valence-corrected chi connectivity index (χ2v) is 7.42. The molecular formula is C13H14FN3OS3. The van der Waals surface area contributed by atoms with E-state index < -0.39 is 0 Å². The van der Waals surface area contributed by atoms with Gasteiger partial charge in [-0.25, -0.2) is 4.39 Å². The molecule has 1 unspecified atom stereocenters. The van der Waals surface area contributed by atoms with Gasteiger partial charge >= 0.3 is 0 Å². The lowest BCUT2D eigenvalue weighted by atomic mass is 10.1. The van der Waals surface area contributed by atoms with Gasteiger partial charge in [0, 0.05) is 0 Å². The highest BCUT2D eigenvalue weighted by molar-refractivity contribution is 8.03. The first-order valence-corrected chi connectivity index (χ1v) is 9.16. The Morgan fingerprint density at radius 1 is 1.33 bits per heavy atom. The van der Waals surface area contributed by atoms with E-state index in [4.69, 9.17) is 0 Å². The van der Waals surface area contributed by atoms with Crippen molar-refractivity contribution in [1.29, 1.82) is 0 Å². The van der Waals surface area contributed by atoms with Crippen molar-refractivity contribution in [2.24, 2.45) is 0 Å². The van der Waals surface area contributed by atoms with Crippen molar-refractivity contribution >= 4 is 40.8 Å². The van der Waals surface area contributed by atoms with Crippen LogP contribution < -0.4 is 5.32 Å². The summed E-state index contributed by atoms with van der Waals surface area (Å²) in [5, 5.41) is 10.8. The van der Waals surface area contributed by atoms with Crippen LogP contribution in [0.3, 0.4) is 0 Å². The van der Waals surface area contributed by atoms with E-state index in [1.807, 2.05) is 13.2 Å². The van der Waals surface area contributed by atoms with Crippen LogP contribution in [0.5, 0.6) is 0 Å². The Morgan fingerprint density at radius 3 is 2.62 bits per heavy atom. The normalized spacial score (nSPS) is 12.1. The number of benzene rings is 1. The molecule has 2 aromatic rings. The number of nitrogens with zero attached hydrogens (tertiary/aromatic N) is 2. The van der Waals surface area contributed by atoms with Gasteiger partial charge in [0.15, 0.2) is 8.68 Å². The molecule has 0 aliphatic rings. The summed E-state index contributed by atoms with van der Waals surface area (Å²) in [6.07, 6.45) is 1.94. The molecule has 0 radical (unpaired) electrons. The van der Waals surface area contributed by atoms with Crippen LogP contribution in [0, 0.1) is 5.82 Å². The molecule has 0 saturated carbocycles. The molecule has 0 bridgehead atoms. The fraction of sp³-hybridized carbons (Fsp3) is 0.308. The SMILES string of the molecule is CSc1nnc(SCC(=O)NC(C)c2ccc(F)cc2)s1. The van der Waals surface area contributed by atoms with Crippen LogP contribution in [0.4, 0.5) is 4.39 Å². The minimum atomic E-state index is -0.284. The molecule has 0 saturated heterocycles. The number of carbonyl (C=O) groups is 1. The summed E-state index contributed by atoms with van der Waals surface area (Å²) in [7, 11) is 0. The minimum absolute atomic E-state index is 0.0854. The molecule has 21 heavy (non-hydrogen) atoms. The zero-order valence-corrected chi connectivity index (χ0v) is 13.9. The number of aromatic nitrogens is 2. The van der Waals surface area contributed by atoms with E-state index in [-0.39, 0.29) is 23.5 Å². The van der Waals surface area contributed by atoms with Crippen LogP contribution in [-0.2, 0) is 4.79 Å². The van der Waals surface area contributed by atoms with E-state index in [9.17, 15) is 9.18 Å². The van der Waals surface area contributed by atoms with Crippen molar-refractivity contribution in [2.45, 2.75) is 21.6 Å². The summed E-state index contributed by atoms with van der Waals surface area (Å²) in [5.74, 6) is -0.0828. The lowest BCUT2D eigenvalue weighted by molar-refractivity contribution is -0.119. The first-order valence-electron chi connectivity index (χ1n) is 6.13. The number of nitrogens with one attached hydrogen (secondary N) is 1. The summed E-state index contributed by atoms with van der Waals surface area (Å²) < 4.78 is 14.5. The van der Waals surface area contributed by atoms with E-state index in [1.165, 1.54) is 47.0 Å². The quantitative estimate of drug-likeness (QED) is 0.815. The van der Waals surface area contributed by atoms with Gasteiger partial charge in [0.2, 0.25) is 5.91 Å². The lowest BCUT2D eigenvalue weighted by Crippen LogP contribution is -2.28. The van der Waals surface area contributed by atoms with Crippen LogP contribution in [0.1, 0.15) is 18.5 Å². The highest BCUT2D eigenvalue weighted by Gasteiger charge is 2.11. The third-order valence-electron chi connectivity index (χ3n) is 2.64. The molecule has 0 aliphatic carbocycles. The summed E-state index contributed by atoms with van der Waals surface area (Å²) in [6.45, 7) is 1.87. The maximum Gasteiger partial charge on any atom is 0.230 e. The van der Waals surface area contributed by atoms with Crippen molar-refractivity contribution < 1.29 is 9.18 Å². The number of hydrogen-bond donors (Lipinski definition) is 1. The average molecular weight is 343 g/mol. The monoisotopic (exact) mass is 343 g/mol. The molecule has 8 heteroatoms. The molecule has 1 N–H and O–H groups in total. The maximum absolute atomic E-state index is 12.8. The Balaban J connectivity index is 1.82. The van der Waals surface area contributed by atoms with E-state index in [1.54, 1.807) is 12.1 Å². The van der Waals surface area contributed by atoms with E-state index in [2.05, 4.69) is 15.5 Å². The Kier molecular flexibility index (Phi) is 6.01. The van der Waals surface area contributed by atoms with Crippen molar-refractivity contribution in [3.8, 4) is 0 Å². The topological polar surface area (TPSA) is 54.9 Å². The van der Waals surface area contributed by atoms with E-state index in [0.29, 0.717) is 0 Å². The molecule has 4 nitrogen and oxygen atoms in total. The van der Waals surface area contributed by atoms with Gasteiger partial charge in [0.05, 0.1) is 11.8 Å². The third-order valence-corrected chi connectivity index (χ3v) is 5.67. The van der Waals surface area contributed by atoms with Crippen molar-refractivity contribution in [3.63, 3.8) is 0 Å². The van der Waals surface area contributed by atoms with Crippen molar-refractivity contribution in [3.05, 3.63) is 35.6 Å². The first-order chi connectivity index (χ1) is 10.1. The highest BCUT2D eigenvalue weighted by Crippen LogP contribution is 2.27. The number of carbonyl (C=O) groups excluding carboxylic acids is 1. The molecule has 1 heterocycles. The summed E-state index contributed by atoms with van der Waals surface area (Å²) >= 11 is 4.37. The number of hydrogen-bond acceptors (Lipinski definition) is 6. The number of amides is 1. The van der Waals surface area contributed by atoms with Gasteiger partial charge in [0.1, 0.15) is 5.82 Å². The number of halogens is 1. The second kappa shape index (κ2) is 7.77. The third kappa shape index (κ3) is 4.98. The van der Waals surface area contributed by atoms with E-state index in [0.717, 1.165) is 14.2 Å². The van der Waals surface area contributed by atoms with Crippen LogP contribution in [0.25, 0.3) is 0 Å². The largest absolute Gasteiger partial charge is 0.349 e. The van der Waals surface area contributed by atoms with Crippen molar-refractivity contribution in [1.82, 2.24) is 15.5 Å². The summed E-state index contributed by atoms with van der Waals surface area (Å²) in [5.41, 5.74) is 0.871. The second-order valence-electron chi connectivity index (χ2n) is 4.17. The maximum atomic E-state index is 12.8. The Morgan fingerprint density at radius 2 is 2.00 bits per heavy atom. The van der Waals surface area contributed by atoms with Crippen LogP contribution in [0.15, 0.2) is 32.9 Å². The van der Waals surface area contributed by atoms with Gasteiger partial charge in [0.25, 0.3) is 0 Å². The number of thioether (sulfide) groups is 2. The molecule has 0 spiro atoms. The Bertz CT molecular complexity index is 603. The van der Waals surface area contributed by atoms with Crippen LogP contribution in [-0.4, -0.2) is 28.1 Å². The van der Waals surface area contributed by atoms with Gasteiger partial charge in [-0.3, -0.25) is 4.79 Å². The Labute approximate surface area is 134 Å². The Hall–Kier alpha value is -1.12. The van der Waals surface area contributed by atoms with Crippen molar-refractivity contribution in [2.75, 3.05) is 12.0 Å². The fourth-order valence-electron chi connectivity index (χ4n) is 1.58. The van der Waals surface area contributed by atoms with Gasteiger partial charge in [-0.2, -0.15) is 0 Å². The molecule has 1 aromatic carbocycles. The predicted octanol–water partition coefficient (Wildman–Crippen LogP) is 3.37. The fourth-order valence-corrected chi connectivity index (χ4v) is 3.83. The summed E-state index contributed by atoms with van der Waals surface area (Å²) in [4.78, 5) is 11.9. The van der Waals surface area contributed by atoms with Crippen LogP contribution >= 0.6 is 34.9 Å². The number of rotatable bonds is 6. The van der Waals surface area contributed by atoms with Gasteiger partial charge in [-0.1, -0.05) is 47.0 Å². The highest BCUT2D eigenvalue weighted by atomic mass is 32.2. The minimum Gasteiger partial charge on any atom is -0.349 e. The van der Waals surface area contributed by atoms with Gasteiger partial charge in [-0.05, 0) is 30.9 Å². The average Bonchev–Trinajstić information content (AvgIpc) is 2.94. The zero-order chi connectivity index (χ0) is 15.2. The molecule has 1 atom stereocenters. The summed E-state index contributed by atoms with van der Waals surface area (Å²) in [6, 6.07) is 5.96. The zero-order valence-electron chi connectivity index (χ0n) is 11.5. The van der Waals surface area contributed by atoms with Gasteiger partial charge < -0.3 is 5.32 Å². The smallest absolute Gasteiger partial charge is 0.230 e. The lowest BCUT2D eigenvalue weighted by Gasteiger charge is -2.13. The predicted molar refractivity (Wildman–Crippen MR) is 85.4 cm³/mol. The molecular weight excluding hydrogens is 329 g/mol. The molecule has 1 aromatic heterocycles. The molecule has 112 valence electrons. The standard InChI is InChI=1S/C13H14FN3OS3/c1-8(9-3-5-10(14)6-4-9)15-11(18)7-20-13-17-16-12(19-2)21-13/h3-6,8H,7H2,1-2H3,(H,15,18). The van der Waals surface area contributed by atoms with Crippen LogP contribution in [0.2, 0.25) is 0 Å². The van der Waals surface area contributed by atoms with Gasteiger partial charge in [-0.15, -0.1) is 10.2 Å². The molecule has 0 fully saturated rings. The molecule has 2 rings (SSSR count).